The Kier molecular flexibility index (Phi) is 3.99. The van der Waals surface area contributed by atoms with Crippen LogP contribution in [0.1, 0.15) is 12.8 Å². The second-order valence-electron chi connectivity index (χ2n) is 2.54. The number of hydrogen-bond donors (Lipinski definition) is 1. The molecular weight excluding hydrogens is 195 g/mol. The lowest BCUT2D eigenvalue weighted by atomic mass is 10.0. The highest BCUT2D eigenvalue weighted by atomic mass is 35.5. The van der Waals surface area contributed by atoms with Crippen LogP contribution in [0.3, 0.4) is 0 Å². The van der Waals surface area contributed by atoms with Crippen LogP contribution >= 0.6 is 12.4 Å². The summed E-state index contributed by atoms with van der Waals surface area (Å²) in [5.41, 5.74) is 0. The van der Waals surface area contributed by atoms with Crippen molar-refractivity contribution < 1.29 is 18.0 Å². The molecule has 0 aliphatic carbocycles. The summed E-state index contributed by atoms with van der Waals surface area (Å²) in [5, 5.41) is 2.24. The summed E-state index contributed by atoms with van der Waals surface area (Å²) in [4.78, 5) is 10.6. The highest BCUT2D eigenvalue weighted by Crippen LogP contribution is 2.24. The Morgan fingerprint density at radius 2 is 2.00 bits per heavy atom. The van der Waals surface area contributed by atoms with E-state index in [2.05, 4.69) is 5.32 Å². The van der Waals surface area contributed by atoms with Crippen LogP contribution in [0.5, 0.6) is 0 Å². The molecule has 0 spiro atoms. The fourth-order valence-electron chi connectivity index (χ4n) is 1.02. The molecular formula is C6H9ClF3NO. The van der Waals surface area contributed by atoms with E-state index in [1.807, 2.05) is 0 Å². The molecule has 12 heavy (non-hydrogen) atoms. The first kappa shape index (κ1) is 11.7. The maximum atomic E-state index is 11.9. The van der Waals surface area contributed by atoms with Gasteiger partial charge in [0, 0.05) is 19.4 Å². The van der Waals surface area contributed by atoms with Crippen molar-refractivity contribution in [3.63, 3.8) is 0 Å². The van der Waals surface area contributed by atoms with E-state index in [0.29, 0.717) is 0 Å². The first-order chi connectivity index (χ1) is 5.00. The van der Waals surface area contributed by atoms with E-state index in [4.69, 9.17) is 0 Å². The van der Waals surface area contributed by atoms with Crippen LogP contribution in [-0.4, -0.2) is 24.5 Å². The maximum Gasteiger partial charge on any atom is 0.404 e. The first-order valence-corrected chi connectivity index (χ1v) is 3.32. The van der Waals surface area contributed by atoms with Crippen molar-refractivity contribution in [3.8, 4) is 0 Å². The molecule has 2 nitrogen and oxygen atoms in total. The fraction of sp³-hybridized carbons (Fsp3) is 0.833. The van der Waals surface area contributed by atoms with Crippen LogP contribution in [0.4, 0.5) is 13.2 Å². The number of hydrogen-bond acceptors (Lipinski definition) is 2. The molecule has 1 rings (SSSR count). The lowest BCUT2D eigenvalue weighted by molar-refractivity contribution is -0.164. The quantitative estimate of drug-likeness (QED) is 0.643. The summed E-state index contributed by atoms with van der Waals surface area (Å²) in [6.45, 7) is 0.142. The first-order valence-electron chi connectivity index (χ1n) is 3.32. The van der Waals surface area contributed by atoms with Gasteiger partial charge >= 0.3 is 6.18 Å². The lowest BCUT2D eigenvalue weighted by Gasteiger charge is -2.24. The van der Waals surface area contributed by atoms with Crippen molar-refractivity contribution in [2.45, 2.75) is 25.1 Å². The number of halogens is 4. The molecule has 0 saturated carbocycles. The van der Waals surface area contributed by atoms with Gasteiger partial charge in [0.2, 0.25) is 0 Å². The normalized spacial score (nSPS) is 24.9. The van der Waals surface area contributed by atoms with E-state index in [1.165, 1.54) is 0 Å². The largest absolute Gasteiger partial charge is 0.404 e. The molecule has 1 heterocycles. The third kappa shape index (κ3) is 2.98. The number of carbonyl (C=O) groups excluding carboxylic acids is 1. The monoisotopic (exact) mass is 203 g/mol. The van der Waals surface area contributed by atoms with Gasteiger partial charge in [0.15, 0.2) is 0 Å². The number of carbonyl (C=O) groups is 1. The van der Waals surface area contributed by atoms with Gasteiger partial charge in [-0.2, -0.15) is 13.2 Å². The van der Waals surface area contributed by atoms with Gasteiger partial charge in [-0.3, -0.25) is 4.79 Å². The highest BCUT2D eigenvalue weighted by molar-refractivity contribution is 5.85. The highest BCUT2D eigenvalue weighted by Gasteiger charge is 2.41. The molecule has 1 aliphatic rings. The summed E-state index contributed by atoms with van der Waals surface area (Å²) in [5.74, 6) is -0.314. The third-order valence-corrected chi connectivity index (χ3v) is 1.62. The predicted molar refractivity (Wildman–Crippen MR) is 39.3 cm³/mol. The van der Waals surface area contributed by atoms with Crippen molar-refractivity contribution >= 4 is 18.2 Å². The van der Waals surface area contributed by atoms with Gasteiger partial charge in [-0.05, 0) is 0 Å². The molecule has 0 aromatic heterocycles. The average molecular weight is 204 g/mol. The molecule has 1 saturated heterocycles. The molecule has 1 fully saturated rings. The molecule has 0 radical (unpaired) electrons. The van der Waals surface area contributed by atoms with Gasteiger partial charge in [0.05, 0.1) is 0 Å². The number of alkyl halides is 3. The Balaban J connectivity index is 0.00000121. The summed E-state index contributed by atoms with van der Waals surface area (Å²) < 4.78 is 35.7. The SMILES string of the molecule is Cl.O=C1CCNC(C(F)(F)F)C1. The summed E-state index contributed by atoms with van der Waals surface area (Å²) >= 11 is 0. The number of rotatable bonds is 0. The Bertz CT molecular complexity index is 171. The Morgan fingerprint density at radius 3 is 2.33 bits per heavy atom. The summed E-state index contributed by atoms with van der Waals surface area (Å²) in [7, 11) is 0. The molecule has 0 aromatic carbocycles. The topological polar surface area (TPSA) is 29.1 Å². The van der Waals surface area contributed by atoms with Crippen LogP contribution in [0.15, 0.2) is 0 Å². The van der Waals surface area contributed by atoms with Gasteiger partial charge in [-0.25, -0.2) is 0 Å². The average Bonchev–Trinajstić information content (AvgIpc) is 1.86. The zero-order valence-electron chi connectivity index (χ0n) is 6.15. The maximum absolute atomic E-state index is 11.9. The third-order valence-electron chi connectivity index (χ3n) is 1.62. The van der Waals surface area contributed by atoms with E-state index in [1.54, 1.807) is 0 Å². The van der Waals surface area contributed by atoms with Crippen LogP contribution in [0.2, 0.25) is 0 Å². The molecule has 1 aliphatic heterocycles. The summed E-state index contributed by atoms with van der Waals surface area (Å²) in [6.07, 6.45) is -4.48. The minimum atomic E-state index is -4.28. The van der Waals surface area contributed by atoms with Crippen LogP contribution in [0, 0.1) is 0 Å². The second-order valence-corrected chi connectivity index (χ2v) is 2.54. The van der Waals surface area contributed by atoms with E-state index in [-0.39, 0.29) is 31.2 Å². The molecule has 0 amide bonds. The van der Waals surface area contributed by atoms with Crippen molar-refractivity contribution in [2.75, 3.05) is 6.54 Å². The summed E-state index contributed by atoms with van der Waals surface area (Å²) in [6, 6.07) is -1.62. The van der Waals surface area contributed by atoms with E-state index >= 15 is 0 Å². The molecule has 1 N–H and O–H groups in total. The fourth-order valence-corrected chi connectivity index (χ4v) is 1.02. The number of Topliss-reactive ketones (excluding diaryl/α,β-unsaturated/α-hetero) is 1. The van der Waals surface area contributed by atoms with Crippen LogP contribution in [0.25, 0.3) is 0 Å². The van der Waals surface area contributed by atoms with Gasteiger partial charge in [-0.1, -0.05) is 0 Å². The molecule has 0 bridgehead atoms. The van der Waals surface area contributed by atoms with E-state index < -0.39 is 18.6 Å². The Hall–Kier alpha value is -0.290. The van der Waals surface area contributed by atoms with Gasteiger partial charge in [-0.15, -0.1) is 12.4 Å². The van der Waals surface area contributed by atoms with Gasteiger partial charge in [0.25, 0.3) is 0 Å². The van der Waals surface area contributed by atoms with Crippen LogP contribution < -0.4 is 5.32 Å². The van der Waals surface area contributed by atoms with Crippen molar-refractivity contribution in [1.82, 2.24) is 5.32 Å². The van der Waals surface area contributed by atoms with Crippen molar-refractivity contribution in [1.29, 1.82) is 0 Å². The number of nitrogens with one attached hydrogen (secondary N) is 1. The molecule has 6 heteroatoms. The Labute approximate surface area is 73.9 Å². The zero-order chi connectivity index (χ0) is 8.48. The molecule has 1 atom stereocenters. The number of piperidine rings is 1. The molecule has 72 valence electrons. The zero-order valence-corrected chi connectivity index (χ0v) is 6.97. The minimum Gasteiger partial charge on any atom is -0.305 e. The minimum absolute atomic E-state index is 0. The lowest BCUT2D eigenvalue weighted by Crippen LogP contribution is -2.47. The Morgan fingerprint density at radius 1 is 1.42 bits per heavy atom. The van der Waals surface area contributed by atoms with Crippen molar-refractivity contribution in [3.05, 3.63) is 0 Å². The number of ketones is 1. The van der Waals surface area contributed by atoms with Gasteiger partial charge < -0.3 is 5.32 Å². The smallest absolute Gasteiger partial charge is 0.305 e. The van der Waals surface area contributed by atoms with Gasteiger partial charge in [0.1, 0.15) is 11.8 Å². The van der Waals surface area contributed by atoms with Crippen molar-refractivity contribution in [2.24, 2.45) is 0 Å². The predicted octanol–water partition coefficient (Wildman–Crippen LogP) is 1.29. The van der Waals surface area contributed by atoms with Crippen LogP contribution in [-0.2, 0) is 4.79 Å². The van der Waals surface area contributed by atoms with E-state index in [0.717, 1.165) is 0 Å². The molecule has 1 unspecified atom stereocenters. The second kappa shape index (κ2) is 4.09. The van der Waals surface area contributed by atoms with E-state index in [9.17, 15) is 18.0 Å². The standard InChI is InChI=1S/C6H8F3NO.ClH/c7-6(8,9)5-3-4(11)1-2-10-5;/h5,10H,1-3H2;1H. The molecule has 0 aromatic rings.